The lowest BCUT2D eigenvalue weighted by atomic mass is 10.0. The maximum atomic E-state index is 12.7. The molecule has 1 heterocycles. The molecule has 28 heavy (non-hydrogen) atoms. The van der Waals surface area contributed by atoms with Crippen molar-refractivity contribution in [3.63, 3.8) is 0 Å². The summed E-state index contributed by atoms with van der Waals surface area (Å²) >= 11 is 0. The highest BCUT2D eigenvalue weighted by molar-refractivity contribution is 5.63. The van der Waals surface area contributed by atoms with Crippen molar-refractivity contribution in [2.45, 2.75) is 32.5 Å². The van der Waals surface area contributed by atoms with E-state index < -0.39 is 11.7 Å². The van der Waals surface area contributed by atoms with Gasteiger partial charge in [-0.25, -0.2) is 0 Å². The number of alkyl halides is 3. The Hall–Kier alpha value is -3.09. The molecule has 1 aromatic heterocycles. The Labute approximate surface area is 160 Å². The van der Waals surface area contributed by atoms with Crippen molar-refractivity contribution in [2.24, 2.45) is 0 Å². The SMILES string of the molecule is Cc1cc(C(C)C=O)ccc1OCc1cn[nH]c1-c1ccc(C(F)(F)F)cc1. The second-order valence-corrected chi connectivity index (χ2v) is 6.58. The molecule has 0 spiro atoms. The molecule has 146 valence electrons. The predicted octanol–water partition coefficient (Wildman–Crippen LogP) is 5.29. The molecule has 0 bridgehead atoms. The Balaban J connectivity index is 1.75. The van der Waals surface area contributed by atoms with Gasteiger partial charge in [-0.2, -0.15) is 18.3 Å². The number of nitrogens with one attached hydrogen (secondary N) is 1. The van der Waals surface area contributed by atoms with E-state index in [-0.39, 0.29) is 12.5 Å². The van der Waals surface area contributed by atoms with Crippen molar-refractivity contribution in [2.75, 3.05) is 0 Å². The number of hydrogen-bond donors (Lipinski definition) is 1. The molecule has 1 atom stereocenters. The quantitative estimate of drug-likeness (QED) is 0.584. The number of rotatable bonds is 6. The molecule has 4 nitrogen and oxygen atoms in total. The van der Waals surface area contributed by atoms with Gasteiger partial charge in [0.2, 0.25) is 0 Å². The van der Waals surface area contributed by atoms with E-state index in [9.17, 15) is 18.0 Å². The van der Waals surface area contributed by atoms with Gasteiger partial charge in [0.05, 0.1) is 17.5 Å². The number of nitrogens with zero attached hydrogens (tertiary/aromatic N) is 1. The molecule has 0 saturated heterocycles. The molecule has 3 rings (SSSR count). The summed E-state index contributed by atoms with van der Waals surface area (Å²) in [5, 5.41) is 6.80. The zero-order chi connectivity index (χ0) is 20.3. The molecule has 0 aliphatic rings. The zero-order valence-corrected chi connectivity index (χ0v) is 15.4. The molecule has 0 aliphatic carbocycles. The number of aromatic nitrogens is 2. The van der Waals surface area contributed by atoms with Crippen molar-refractivity contribution in [3.05, 3.63) is 70.9 Å². The highest BCUT2D eigenvalue weighted by Crippen LogP contribution is 2.31. The highest BCUT2D eigenvalue weighted by atomic mass is 19.4. The van der Waals surface area contributed by atoms with Crippen molar-refractivity contribution >= 4 is 6.29 Å². The average molecular weight is 388 g/mol. The van der Waals surface area contributed by atoms with Crippen LogP contribution in [-0.4, -0.2) is 16.5 Å². The molecule has 0 saturated carbocycles. The molecule has 3 aromatic rings. The van der Waals surface area contributed by atoms with Crippen LogP contribution in [0, 0.1) is 6.92 Å². The lowest BCUT2D eigenvalue weighted by Crippen LogP contribution is -2.04. The molecule has 1 N–H and O–H groups in total. The van der Waals surface area contributed by atoms with Gasteiger partial charge in [-0.1, -0.05) is 31.2 Å². The Morgan fingerprint density at radius 2 is 1.89 bits per heavy atom. The fourth-order valence-electron chi connectivity index (χ4n) is 2.85. The zero-order valence-electron chi connectivity index (χ0n) is 15.4. The minimum atomic E-state index is -4.37. The van der Waals surface area contributed by atoms with Gasteiger partial charge in [0.1, 0.15) is 18.6 Å². The lowest BCUT2D eigenvalue weighted by Gasteiger charge is -2.12. The van der Waals surface area contributed by atoms with Crippen LogP contribution in [0.2, 0.25) is 0 Å². The fourth-order valence-corrected chi connectivity index (χ4v) is 2.85. The molecular formula is C21H19F3N2O2. The molecule has 7 heteroatoms. The number of aromatic amines is 1. The minimum Gasteiger partial charge on any atom is -0.488 e. The maximum Gasteiger partial charge on any atom is 0.416 e. The van der Waals surface area contributed by atoms with E-state index in [4.69, 9.17) is 4.74 Å². The molecule has 0 fully saturated rings. The maximum absolute atomic E-state index is 12.7. The van der Waals surface area contributed by atoms with Gasteiger partial charge >= 0.3 is 6.18 Å². The smallest absolute Gasteiger partial charge is 0.416 e. The van der Waals surface area contributed by atoms with Gasteiger partial charge in [-0.05, 0) is 41.8 Å². The van der Waals surface area contributed by atoms with Crippen molar-refractivity contribution in [3.8, 4) is 17.0 Å². The Kier molecular flexibility index (Phi) is 5.53. The first kappa shape index (κ1) is 19.7. The predicted molar refractivity (Wildman–Crippen MR) is 99.0 cm³/mol. The monoisotopic (exact) mass is 388 g/mol. The normalized spacial score (nSPS) is 12.6. The summed E-state index contributed by atoms with van der Waals surface area (Å²) < 4.78 is 44.0. The van der Waals surface area contributed by atoms with E-state index in [1.54, 1.807) is 6.20 Å². The summed E-state index contributed by atoms with van der Waals surface area (Å²) in [7, 11) is 0. The third-order valence-corrected chi connectivity index (χ3v) is 4.53. The number of ether oxygens (including phenoxy) is 1. The van der Waals surface area contributed by atoms with Gasteiger partial charge in [-0.15, -0.1) is 0 Å². The van der Waals surface area contributed by atoms with E-state index in [2.05, 4.69) is 10.2 Å². The van der Waals surface area contributed by atoms with Gasteiger partial charge in [-0.3, -0.25) is 5.10 Å². The minimum absolute atomic E-state index is 0.187. The van der Waals surface area contributed by atoms with E-state index in [0.29, 0.717) is 17.0 Å². The van der Waals surface area contributed by atoms with Crippen molar-refractivity contribution < 1.29 is 22.7 Å². The number of H-pyrrole nitrogens is 1. The van der Waals surface area contributed by atoms with E-state index >= 15 is 0 Å². The van der Waals surface area contributed by atoms with Crippen LogP contribution in [-0.2, 0) is 17.6 Å². The van der Waals surface area contributed by atoms with Crippen molar-refractivity contribution in [1.29, 1.82) is 0 Å². The summed E-state index contributed by atoms with van der Waals surface area (Å²) in [5.74, 6) is 0.481. The number of aryl methyl sites for hydroxylation is 1. The molecule has 2 aromatic carbocycles. The van der Waals surface area contributed by atoms with Crippen LogP contribution in [0.4, 0.5) is 13.2 Å². The molecule has 0 amide bonds. The van der Waals surface area contributed by atoms with Crippen molar-refractivity contribution in [1.82, 2.24) is 10.2 Å². The molecule has 0 radical (unpaired) electrons. The molecule has 1 unspecified atom stereocenters. The third kappa shape index (κ3) is 4.24. The van der Waals surface area contributed by atoms with Crippen LogP contribution in [0.25, 0.3) is 11.3 Å². The Morgan fingerprint density at radius 1 is 1.18 bits per heavy atom. The van der Waals surface area contributed by atoms with E-state index in [1.165, 1.54) is 12.1 Å². The summed E-state index contributed by atoms with van der Waals surface area (Å²) in [4.78, 5) is 10.9. The van der Waals surface area contributed by atoms with E-state index in [1.807, 2.05) is 32.0 Å². The van der Waals surface area contributed by atoms with E-state index in [0.717, 1.165) is 35.1 Å². The topological polar surface area (TPSA) is 55.0 Å². The van der Waals surface area contributed by atoms with Crippen LogP contribution in [0.1, 0.15) is 35.1 Å². The molecule has 0 aliphatic heterocycles. The first-order valence-corrected chi connectivity index (χ1v) is 8.68. The van der Waals surface area contributed by atoms with Gasteiger partial charge in [0.15, 0.2) is 0 Å². The standard InChI is InChI=1S/C21H19F3N2O2/c1-13-9-16(14(2)11-27)5-8-19(13)28-12-17-10-25-26-20(17)15-3-6-18(7-4-15)21(22,23)24/h3-11,14H,12H2,1-2H3,(H,25,26). The third-order valence-electron chi connectivity index (χ3n) is 4.53. The largest absolute Gasteiger partial charge is 0.488 e. The number of carbonyl (C=O) groups is 1. The summed E-state index contributed by atoms with van der Waals surface area (Å²) in [6.07, 6.45) is -1.90. The average Bonchev–Trinajstić information content (AvgIpc) is 3.14. The van der Waals surface area contributed by atoms with Gasteiger partial charge in [0.25, 0.3) is 0 Å². The number of hydrogen-bond acceptors (Lipinski definition) is 3. The first-order chi connectivity index (χ1) is 13.3. The Bertz CT molecular complexity index is 963. The van der Waals surface area contributed by atoms with Crippen LogP contribution in [0.15, 0.2) is 48.7 Å². The van der Waals surface area contributed by atoms with Gasteiger partial charge < -0.3 is 9.53 Å². The summed E-state index contributed by atoms with van der Waals surface area (Å²) in [6.45, 7) is 3.92. The first-order valence-electron chi connectivity index (χ1n) is 8.68. The van der Waals surface area contributed by atoms with Crippen LogP contribution >= 0.6 is 0 Å². The van der Waals surface area contributed by atoms with Crippen LogP contribution < -0.4 is 4.74 Å². The fraction of sp³-hybridized carbons (Fsp3) is 0.238. The molecular weight excluding hydrogens is 369 g/mol. The number of halogens is 3. The second kappa shape index (κ2) is 7.88. The number of benzene rings is 2. The second-order valence-electron chi connectivity index (χ2n) is 6.58. The lowest BCUT2D eigenvalue weighted by molar-refractivity contribution is -0.137. The summed E-state index contributed by atoms with van der Waals surface area (Å²) in [5.41, 5.74) is 3.03. The Morgan fingerprint density at radius 3 is 2.50 bits per heavy atom. The number of carbonyl (C=O) groups excluding carboxylic acids is 1. The van der Waals surface area contributed by atoms with Crippen LogP contribution in [0.5, 0.6) is 5.75 Å². The van der Waals surface area contributed by atoms with Crippen LogP contribution in [0.3, 0.4) is 0 Å². The highest BCUT2D eigenvalue weighted by Gasteiger charge is 2.30. The summed E-state index contributed by atoms with van der Waals surface area (Å²) in [6, 6.07) is 10.4. The number of aldehydes is 1. The van der Waals surface area contributed by atoms with Gasteiger partial charge in [0, 0.05) is 11.5 Å².